The standard InChI is InChI=1S/C7H8F2N2O/c1-12-7-4(10)2-3-5(11-7)6(8)9/h2-3,6H,10H2,1H3. The molecule has 2 N–H and O–H groups in total. The van der Waals surface area contributed by atoms with Crippen molar-refractivity contribution >= 4 is 5.69 Å². The number of nitrogens with zero attached hydrogens (tertiary/aromatic N) is 1. The molecule has 0 saturated carbocycles. The molecule has 0 bridgehead atoms. The van der Waals surface area contributed by atoms with Crippen LogP contribution in [0.1, 0.15) is 12.1 Å². The van der Waals surface area contributed by atoms with Crippen LogP contribution >= 0.6 is 0 Å². The van der Waals surface area contributed by atoms with Gasteiger partial charge in [-0.05, 0) is 12.1 Å². The molecule has 1 rings (SSSR count). The monoisotopic (exact) mass is 174 g/mol. The van der Waals surface area contributed by atoms with E-state index in [1.54, 1.807) is 0 Å². The molecule has 5 heteroatoms. The second kappa shape index (κ2) is 3.34. The molecule has 0 aliphatic carbocycles. The van der Waals surface area contributed by atoms with Gasteiger partial charge in [0.15, 0.2) is 0 Å². The van der Waals surface area contributed by atoms with Crippen molar-refractivity contribution in [3.8, 4) is 5.88 Å². The lowest BCUT2D eigenvalue weighted by atomic mass is 10.3. The highest BCUT2D eigenvalue weighted by atomic mass is 19.3. The van der Waals surface area contributed by atoms with Crippen LogP contribution in [0.4, 0.5) is 14.5 Å². The van der Waals surface area contributed by atoms with E-state index in [4.69, 9.17) is 5.73 Å². The Bertz CT molecular complexity index is 278. The number of hydrogen-bond acceptors (Lipinski definition) is 3. The summed E-state index contributed by atoms with van der Waals surface area (Å²) in [6.07, 6.45) is -2.60. The van der Waals surface area contributed by atoms with E-state index in [1.165, 1.54) is 19.2 Å². The summed E-state index contributed by atoms with van der Waals surface area (Å²) in [4.78, 5) is 3.49. The maximum absolute atomic E-state index is 12.1. The third kappa shape index (κ3) is 1.61. The second-order valence-corrected chi connectivity index (χ2v) is 2.14. The van der Waals surface area contributed by atoms with Gasteiger partial charge in [-0.3, -0.25) is 0 Å². The summed E-state index contributed by atoms with van der Waals surface area (Å²) < 4.78 is 28.8. The van der Waals surface area contributed by atoms with Crippen LogP contribution in [0, 0.1) is 0 Å². The third-order valence-corrected chi connectivity index (χ3v) is 1.33. The Hall–Kier alpha value is -1.39. The largest absolute Gasteiger partial charge is 0.480 e. The predicted molar refractivity (Wildman–Crippen MR) is 40.2 cm³/mol. The minimum absolute atomic E-state index is 0.0350. The first-order valence-electron chi connectivity index (χ1n) is 3.23. The molecule has 0 unspecified atom stereocenters. The van der Waals surface area contributed by atoms with Gasteiger partial charge in [0.25, 0.3) is 6.43 Å². The highest BCUT2D eigenvalue weighted by Crippen LogP contribution is 2.23. The molecule has 1 aromatic rings. The number of alkyl halides is 2. The molecule has 0 atom stereocenters. The first-order valence-corrected chi connectivity index (χ1v) is 3.23. The van der Waals surface area contributed by atoms with Crippen molar-refractivity contribution in [1.29, 1.82) is 0 Å². The number of halogens is 2. The van der Waals surface area contributed by atoms with Gasteiger partial charge < -0.3 is 10.5 Å². The van der Waals surface area contributed by atoms with Gasteiger partial charge in [0, 0.05) is 0 Å². The highest BCUT2D eigenvalue weighted by Gasteiger charge is 2.10. The van der Waals surface area contributed by atoms with Crippen LogP contribution in [0.3, 0.4) is 0 Å². The number of methoxy groups -OCH3 is 1. The molecule has 1 aromatic heterocycles. The number of nitrogens with two attached hydrogens (primary N) is 1. The van der Waals surface area contributed by atoms with Crippen LogP contribution in [-0.4, -0.2) is 12.1 Å². The molecule has 12 heavy (non-hydrogen) atoms. The zero-order chi connectivity index (χ0) is 9.14. The molecular weight excluding hydrogens is 166 g/mol. The number of anilines is 1. The molecule has 0 aliphatic rings. The first-order chi connectivity index (χ1) is 5.65. The van der Waals surface area contributed by atoms with Gasteiger partial charge in [-0.25, -0.2) is 13.8 Å². The molecule has 0 fully saturated rings. The molecular formula is C7H8F2N2O. The fourth-order valence-corrected chi connectivity index (χ4v) is 0.751. The number of pyridine rings is 1. The van der Waals surface area contributed by atoms with Crippen LogP contribution in [0.25, 0.3) is 0 Å². The number of aromatic nitrogens is 1. The minimum Gasteiger partial charge on any atom is -0.480 e. The predicted octanol–water partition coefficient (Wildman–Crippen LogP) is 1.61. The van der Waals surface area contributed by atoms with Gasteiger partial charge in [-0.1, -0.05) is 0 Å². The van der Waals surface area contributed by atoms with Crippen molar-refractivity contribution in [2.45, 2.75) is 6.43 Å². The van der Waals surface area contributed by atoms with Crippen LogP contribution < -0.4 is 10.5 Å². The van der Waals surface area contributed by atoms with E-state index in [9.17, 15) is 8.78 Å². The third-order valence-electron chi connectivity index (χ3n) is 1.33. The summed E-state index contributed by atoms with van der Waals surface area (Å²) in [6.45, 7) is 0. The van der Waals surface area contributed by atoms with Gasteiger partial charge in [0.2, 0.25) is 5.88 Å². The normalized spacial score (nSPS) is 10.3. The number of rotatable bonds is 2. The van der Waals surface area contributed by atoms with Gasteiger partial charge in [-0.2, -0.15) is 0 Å². The Morgan fingerprint density at radius 2 is 2.17 bits per heavy atom. The fourth-order valence-electron chi connectivity index (χ4n) is 0.751. The van der Waals surface area contributed by atoms with Crippen LogP contribution in [-0.2, 0) is 0 Å². The molecule has 0 radical (unpaired) electrons. The average molecular weight is 174 g/mol. The smallest absolute Gasteiger partial charge is 0.280 e. The summed E-state index contributed by atoms with van der Waals surface area (Å²) in [5.74, 6) is 0.0350. The molecule has 0 aromatic carbocycles. The molecule has 66 valence electrons. The highest BCUT2D eigenvalue weighted by molar-refractivity contribution is 5.48. The van der Waals surface area contributed by atoms with Gasteiger partial charge in [-0.15, -0.1) is 0 Å². The van der Waals surface area contributed by atoms with E-state index in [0.29, 0.717) is 0 Å². The molecule has 3 nitrogen and oxygen atoms in total. The average Bonchev–Trinajstić information content (AvgIpc) is 2.05. The zero-order valence-electron chi connectivity index (χ0n) is 6.42. The quantitative estimate of drug-likeness (QED) is 0.740. The number of ether oxygens (including phenoxy) is 1. The fraction of sp³-hybridized carbons (Fsp3) is 0.286. The summed E-state index contributed by atoms with van der Waals surface area (Å²) in [6, 6.07) is 2.51. The molecule has 0 spiro atoms. The molecule has 1 heterocycles. The van der Waals surface area contributed by atoms with Crippen molar-refractivity contribution in [3.63, 3.8) is 0 Å². The summed E-state index contributed by atoms with van der Waals surface area (Å²) in [7, 11) is 1.33. The van der Waals surface area contributed by atoms with Crippen LogP contribution in [0.2, 0.25) is 0 Å². The molecule has 0 saturated heterocycles. The Labute approximate surface area is 68.2 Å². The Morgan fingerprint density at radius 3 is 2.67 bits per heavy atom. The van der Waals surface area contributed by atoms with Crippen molar-refractivity contribution in [2.75, 3.05) is 12.8 Å². The lowest BCUT2D eigenvalue weighted by Gasteiger charge is -2.04. The molecule has 0 amide bonds. The maximum Gasteiger partial charge on any atom is 0.280 e. The van der Waals surface area contributed by atoms with E-state index in [-0.39, 0.29) is 17.3 Å². The minimum atomic E-state index is -2.60. The van der Waals surface area contributed by atoms with E-state index >= 15 is 0 Å². The number of hydrogen-bond donors (Lipinski definition) is 1. The summed E-state index contributed by atoms with van der Waals surface area (Å²) in [5, 5.41) is 0. The summed E-state index contributed by atoms with van der Waals surface area (Å²) >= 11 is 0. The van der Waals surface area contributed by atoms with E-state index < -0.39 is 6.43 Å². The first kappa shape index (κ1) is 8.70. The Balaban J connectivity index is 3.05. The Kier molecular flexibility index (Phi) is 2.42. The van der Waals surface area contributed by atoms with E-state index in [2.05, 4.69) is 9.72 Å². The number of nitrogen functional groups attached to an aromatic ring is 1. The summed E-state index contributed by atoms with van der Waals surface area (Å²) in [5.41, 5.74) is 5.29. The van der Waals surface area contributed by atoms with Gasteiger partial charge >= 0.3 is 0 Å². The van der Waals surface area contributed by atoms with Gasteiger partial charge in [0.05, 0.1) is 12.8 Å². The van der Waals surface area contributed by atoms with Crippen molar-refractivity contribution < 1.29 is 13.5 Å². The molecule has 0 aliphatic heterocycles. The lowest BCUT2D eigenvalue weighted by molar-refractivity contribution is 0.145. The SMILES string of the molecule is COc1nc(C(F)F)ccc1N. The van der Waals surface area contributed by atoms with Crippen molar-refractivity contribution in [2.24, 2.45) is 0 Å². The van der Waals surface area contributed by atoms with E-state index in [0.717, 1.165) is 0 Å². The van der Waals surface area contributed by atoms with Gasteiger partial charge in [0.1, 0.15) is 5.69 Å². The van der Waals surface area contributed by atoms with E-state index in [1.807, 2.05) is 0 Å². The topological polar surface area (TPSA) is 48.1 Å². The van der Waals surface area contributed by atoms with Crippen LogP contribution in [0.5, 0.6) is 5.88 Å². The van der Waals surface area contributed by atoms with Crippen molar-refractivity contribution in [3.05, 3.63) is 17.8 Å². The van der Waals surface area contributed by atoms with Crippen LogP contribution in [0.15, 0.2) is 12.1 Å². The van der Waals surface area contributed by atoms with Crippen molar-refractivity contribution in [1.82, 2.24) is 4.98 Å². The lowest BCUT2D eigenvalue weighted by Crippen LogP contribution is -1.98. The Morgan fingerprint density at radius 1 is 1.50 bits per heavy atom. The zero-order valence-corrected chi connectivity index (χ0v) is 6.42. The maximum atomic E-state index is 12.1. The second-order valence-electron chi connectivity index (χ2n) is 2.14.